The molecule has 3 heterocycles. The van der Waals surface area contributed by atoms with Gasteiger partial charge >= 0.3 is 5.63 Å². The van der Waals surface area contributed by atoms with Crippen molar-refractivity contribution in [1.29, 1.82) is 0 Å². The lowest BCUT2D eigenvalue weighted by atomic mass is 10.1. The van der Waals surface area contributed by atoms with Crippen LogP contribution in [0.3, 0.4) is 0 Å². The summed E-state index contributed by atoms with van der Waals surface area (Å²) in [7, 11) is 0. The molecule has 1 aliphatic heterocycles. The Morgan fingerprint density at radius 2 is 1.77 bits per heavy atom. The van der Waals surface area contributed by atoms with Gasteiger partial charge in [-0.15, -0.1) is 11.3 Å². The molecule has 2 aromatic heterocycles. The van der Waals surface area contributed by atoms with Gasteiger partial charge in [-0.05, 0) is 55.2 Å². The second-order valence-corrected chi connectivity index (χ2v) is 9.41. The first-order chi connectivity index (χ1) is 17.1. The normalized spacial score (nSPS) is 13.5. The summed E-state index contributed by atoms with van der Waals surface area (Å²) in [6.07, 6.45) is 3.15. The molecule has 0 atom stereocenters. The molecule has 1 fully saturated rings. The van der Waals surface area contributed by atoms with Crippen molar-refractivity contribution in [2.75, 3.05) is 25.0 Å². The van der Waals surface area contributed by atoms with Crippen LogP contribution >= 0.6 is 11.3 Å². The monoisotopic (exact) mass is 488 g/mol. The highest BCUT2D eigenvalue weighted by atomic mass is 32.1. The van der Waals surface area contributed by atoms with Crippen LogP contribution in [0.25, 0.3) is 21.4 Å². The molecule has 1 N–H and O–H groups in total. The van der Waals surface area contributed by atoms with Gasteiger partial charge in [-0.2, -0.15) is 0 Å². The number of rotatable bonds is 6. The van der Waals surface area contributed by atoms with Crippen LogP contribution < -0.4 is 15.7 Å². The molecule has 1 aliphatic rings. The zero-order chi connectivity index (χ0) is 24.2. The number of fused-ring (bicyclic) bond motifs is 1. The topological polar surface area (TPSA) is 88.9 Å². The number of thiophene rings is 1. The fraction of sp³-hybridized carbons (Fsp3) is 0.222. The maximum atomic E-state index is 13.3. The summed E-state index contributed by atoms with van der Waals surface area (Å²) in [6, 6.07) is 19.6. The fourth-order valence-corrected chi connectivity index (χ4v) is 5.10. The lowest BCUT2D eigenvalue weighted by Gasteiger charge is -2.26. The minimum absolute atomic E-state index is 0.0699. The van der Waals surface area contributed by atoms with Gasteiger partial charge in [0.05, 0.1) is 0 Å². The van der Waals surface area contributed by atoms with Crippen molar-refractivity contribution in [3.8, 4) is 16.2 Å². The van der Waals surface area contributed by atoms with E-state index < -0.39 is 5.63 Å². The predicted molar refractivity (Wildman–Crippen MR) is 136 cm³/mol. The Morgan fingerprint density at radius 3 is 2.57 bits per heavy atom. The SMILES string of the molecule is O=C(Nc1ccc2oc(=O)ccc2c1)c1sc(-c2ccccc2)cc1OCC(=O)N1CCCCC1. The number of nitrogens with zero attached hydrogens (tertiary/aromatic N) is 1. The number of benzene rings is 2. The number of piperidine rings is 1. The molecule has 0 saturated carbocycles. The summed E-state index contributed by atoms with van der Waals surface area (Å²) in [4.78, 5) is 40.4. The van der Waals surface area contributed by atoms with E-state index in [1.807, 2.05) is 41.3 Å². The number of likely N-dealkylation sites (tertiary alicyclic amines) is 1. The van der Waals surface area contributed by atoms with Gasteiger partial charge in [-0.25, -0.2) is 4.79 Å². The maximum absolute atomic E-state index is 13.3. The van der Waals surface area contributed by atoms with E-state index >= 15 is 0 Å². The average Bonchev–Trinajstić information content (AvgIpc) is 3.33. The molecule has 2 amide bonds. The molecule has 35 heavy (non-hydrogen) atoms. The summed E-state index contributed by atoms with van der Waals surface area (Å²) in [6.45, 7) is 1.38. The highest BCUT2D eigenvalue weighted by Gasteiger charge is 2.22. The number of ether oxygens (including phenoxy) is 1. The zero-order valence-electron chi connectivity index (χ0n) is 19.0. The first-order valence-corrected chi connectivity index (χ1v) is 12.3. The molecule has 5 rings (SSSR count). The van der Waals surface area contributed by atoms with Gasteiger partial charge in [-0.3, -0.25) is 9.59 Å². The molecule has 0 aliphatic carbocycles. The molecule has 2 aromatic carbocycles. The van der Waals surface area contributed by atoms with E-state index in [1.54, 1.807) is 24.3 Å². The molecule has 0 bridgehead atoms. The van der Waals surface area contributed by atoms with E-state index in [9.17, 15) is 14.4 Å². The number of hydrogen-bond acceptors (Lipinski definition) is 6. The van der Waals surface area contributed by atoms with Crippen molar-refractivity contribution < 1.29 is 18.7 Å². The van der Waals surface area contributed by atoms with Gasteiger partial charge in [0.2, 0.25) is 0 Å². The summed E-state index contributed by atoms with van der Waals surface area (Å²) in [5.41, 5.74) is 1.53. The smallest absolute Gasteiger partial charge is 0.336 e. The summed E-state index contributed by atoms with van der Waals surface area (Å²) in [5, 5.41) is 3.59. The van der Waals surface area contributed by atoms with Gasteiger partial charge in [0.15, 0.2) is 6.61 Å². The Balaban J connectivity index is 1.39. The van der Waals surface area contributed by atoms with Crippen LogP contribution in [0.2, 0.25) is 0 Å². The Morgan fingerprint density at radius 1 is 0.971 bits per heavy atom. The van der Waals surface area contributed by atoms with Gasteiger partial charge in [0.1, 0.15) is 16.2 Å². The van der Waals surface area contributed by atoms with Crippen LogP contribution in [0.5, 0.6) is 5.75 Å². The van der Waals surface area contributed by atoms with E-state index in [1.165, 1.54) is 17.4 Å². The van der Waals surface area contributed by atoms with Crippen molar-refractivity contribution in [2.45, 2.75) is 19.3 Å². The minimum atomic E-state index is -0.429. The quantitative estimate of drug-likeness (QED) is 0.379. The van der Waals surface area contributed by atoms with Gasteiger partial charge in [0, 0.05) is 35.1 Å². The molecular weight excluding hydrogens is 464 g/mol. The second kappa shape index (κ2) is 10.1. The number of amides is 2. The first-order valence-electron chi connectivity index (χ1n) is 11.5. The number of nitrogens with one attached hydrogen (secondary N) is 1. The van der Waals surface area contributed by atoms with Crippen LogP contribution in [-0.4, -0.2) is 36.4 Å². The summed E-state index contributed by atoms with van der Waals surface area (Å²) >= 11 is 1.31. The summed E-state index contributed by atoms with van der Waals surface area (Å²) in [5.74, 6) is -0.0302. The number of anilines is 1. The highest BCUT2D eigenvalue weighted by molar-refractivity contribution is 7.17. The van der Waals surface area contributed by atoms with Gasteiger partial charge in [0.25, 0.3) is 11.8 Å². The van der Waals surface area contributed by atoms with Gasteiger partial charge in [-0.1, -0.05) is 30.3 Å². The first kappa shape index (κ1) is 22.9. The Labute approximate surface area is 205 Å². The molecule has 7 nitrogen and oxygen atoms in total. The summed E-state index contributed by atoms with van der Waals surface area (Å²) < 4.78 is 11.1. The van der Waals surface area contributed by atoms with E-state index in [-0.39, 0.29) is 18.4 Å². The molecule has 8 heteroatoms. The van der Waals surface area contributed by atoms with Crippen LogP contribution in [0.15, 0.2) is 75.9 Å². The number of carbonyl (C=O) groups is 2. The standard InChI is InChI=1S/C27H24N2O5S/c30-24(29-13-5-2-6-14-29)17-33-22-16-23(18-7-3-1-4-8-18)35-26(22)27(32)28-20-10-11-21-19(15-20)9-12-25(31)34-21/h1,3-4,7-12,15-16H,2,5-6,13-14,17H2,(H,28,32). The third-order valence-electron chi connectivity index (χ3n) is 5.90. The Kier molecular flexibility index (Phi) is 6.63. The predicted octanol–water partition coefficient (Wildman–Crippen LogP) is 5.17. The van der Waals surface area contributed by atoms with E-state index in [0.717, 1.165) is 42.8 Å². The third-order valence-corrected chi connectivity index (χ3v) is 7.06. The van der Waals surface area contributed by atoms with E-state index in [2.05, 4.69) is 5.32 Å². The van der Waals surface area contributed by atoms with Crippen LogP contribution in [-0.2, 0) is 4.79 Å². The second-order valence-electron chi connectivity index (χ2n) is 8.36. The van der Waals surface area contributed by atoms with Crippen molar-refractivity contribution >= 4 is 39.8 Å². The van der Waals surface area contributed by atoms with Crippen molar-refractivity contribution in [3.63, 3.8) is 0 Å². The molecule has 0 spiro atoms. The number of carbonyl (C=O) groups excluding carboxylic acids is 2. The molecular formula is C27H24N2O5S. The third kappa shape index (κ3) is 5.27. The minimum Gasteiger partial charge on any atom is -0.482 e. The van der Waals surface area contributed by atoms with Crippen molar-refractivity contribution in [2.24, 2.45) is 0 Å². The number of hydrogen-bond donors (Lipinski definition) is 1. The van der Waals surface area contributed by atoms with E-state index in [4.69, 9.17) is 9.15 Å². The maximum Gasteiger partial charge on any atom is 0.336 e. The highest BCUT2D eigenvalue weighted by Crippen LogP contribution is 2.37. The lowest BCUT2D eigenvalue weighted by Crippen LogP contribution is -2.38. The van der Waals surface area contributed by atoms with Crippen molar-refractivity contribution in [3.05, 3.63) is 82.0 Å². The lowest BCUT2D eigenvalue weighted by molar-refractivity contribution is -0.134. The molecule has 178 valence electrons. The molecule has 0 radical (unpaired) electrons. The van der Waals surface area contributed by atoms with Crippen LogP contribution in [0, 0.1) is 0 Å². The van der Waals surface area contributed by atoms with Gasteiger partial charge < -0.3 is 19.4 Å². The Bertz CT molecular complexity index is 1420. The van der Waals surface area contributed by atoms with Crippen molar-refractivity contribution in [1.82, 2.24) is 4.90 Å². The van der Waals surface area contributed by atoms with Crippen LogP contribution in [0.1, 0.15) is 28.9 Å². The zero-order valence-corrected chi connectivity index (χ0v) is 19.8. The molecule has 0 unspecified atom stereocenters. The van der Waals surface area contributed by atoms with Crippen LogP contribution in [0.4, 0.5) is 5.69 Å². The fourth-order valence-electron chi connectivity index (χ4n) is 4.10. The largest absolute Gasteiger partial charge is 0.482 e. The average molecular weight is 489 g/mol. The van der Waals surface area contributed by atoms with E-state index in [0.29, 0.717) is 27.3 Å². The molecule has 4 aromatic rings. The molecule has 1 saturated heterocycles. The Hall–Kier alpha value is -3.91.